The Balaban J connectivity index is 1.41. The van der Waals surface area contributed by atoms with Crippen LogP contribution >= 0.6 is 11.6 Å². The fraction of sp³-hybridized carbons (Fsp3) is 0.382. The molecule has 5 aromatic rings. The molecule has 1 amide bonds. The zero-order chi connectivity index (χ0) is 32.1. The van der Waals surface area contributed by atoms with Crippen molar-refractivity contribution in [2.75, 3.05) is 26.7 Å². The fourth-order valence-electron chi connectivity index (χ4n) is 7.26. The summed E-state index contributed by atoms with van der Waals surface area (Å²) in [6.45, 7) is 7.40. The van der Waals surface area contributed by atoms with E-state index in [2.05, 4.69) is 34.8 Å². The molecule has 2 saturated heterocycles. The molecule has 0 bridgehead atoms. The van der Waals surface area contributed by atoms with Gasteiger partial charge in [0.1, 0.15) is 12.1 Å². The number of H-pyrrole nitrogens is 1. The molecule has 0 aliphatic carbocycles. The van der Waals surface area contributed by atoms with Crippen LogP contribution in [0.4, 0.5) is 4.39 Å². The van der Waals surface area contributed by atoms with E-state index in [0.29, 0.717) is 48.0 Å². The van der Waals surface area contributed by atoms with Crippen molar-refractivity contribution >= 4 is 50.3 Å². The Kier molecular flexibility index (Phi) is 7.87. The number of hydrogen-bond acceptors (Lipinski definition) is 7. The lowest BCUT2D eigenvalue weighted by Crippen LogP contribution is -2.45. The number of ether oxygens (including phenoxy) is 1. The Labute approximate surface area is 270 Å². The van der Waals surface area contributed by atoms with Crippen LogP contribution in [0.3, 0.4) is 0 Å². The van der Waals surface area contributed by atoms with E-state index in [9.17, 15) is 10.1 Å². The highest BCUT2D eigenvalue weighted by molar-refractivity contribution is 6.35. The molecule has 1 N–H and O–H groups in total. The average Bonchev–Trinajstić information content (AvgIpc) is 3.81. The number of pyridine rings is 1. The largest absolute Gasteiger partial charge is 0.474 e. The molecule has 3 atom stereocenters. The second-order valence-electron chi connectivity index (χ2n) is 12.3. The summed E-state index contributed by atoms with van der Waals surface area (Å²) >= 11 is 6.97. The number of halogens is 2. The van der Waals surface area contributed by atoms with Crippen molar-refractivity contribution < 1.29 is 13.9 Å². The van der Waals surface area contributed by atoms with Gasteiger partial charge in [0.05, 0.1) is 41.1 Å². The molecule has 2 aromatic carbocycles. The lowest BCUT2D eigenvalue weighted by Gasteiger charge is -2.38. The fourth-order valence-corrected chi connectivity index (χ4v) is 7.54. The Hall–Kier alpha value is -4.53. The lowest BCUT2D eigenvalue weighted by atomic mass is 9.94. The maximum Gasteiger partial charge on any atom is 0.246 e. The first-order valence-corrected chi connectivity index (χ1v) is 15.9. The number of aromatic amines is 1. The van der Waals surface area contributed by atoms with Gasteiger partial charge in [-0.3, -0.25) is 9.89 Å². The van der Waals surface area contributed by atoms with Crippen LogP contribution in [-0.4, -0.2) is 79.3 Å². The predicted octanol–water partition coefficient (Wildman–Crippen LogP) is 6.33. The number of carbonyl (C=O) groups is 1. The molecule has 0 radical (unpaired) electrons. The van der Waals surface area contributed by atoms with Crippen LogP contribution in [0.2, 0.25) is 5.02 Å². The van der Waals surface area contributed by atoms with E-state index in [0.717, 1.165) is 35.9 Å². The molecular formula is C34H34ClFN8O2. The van der Waals surface area contributed by atoms with Gasteiger partial charge in [-0.1, -0.05) is 24.2 Å². The number of aromatic nitrogens is 5. The number of nitrogens with one attached hydrogen (secondary N) is 1. The number of imidazole rings is 1. The van der Waals surface area contributed by atoms with Gasteiger partial charge >= 0.3 is 0 Å². The van der Waals surface area contributed by atoms with Crippen LogP contribution in [0.15, 0.2) is 43.4 Å². The molecule has 12 heteroatoms. The van der Waals surface area contributed by atoms with Gasteiger partial charge in [0.25, 0.3) is 0 Å². The SMILES string of the molecule is C=CC(=O)N1CCC(n2cnc3c(OC[C@@H]4CCCN4C)nc4c(F)c(-c5c(C)ccc6[nH]ncc56)c(Cl)cc4c32)CC1CC#N. The van der Waals surface area contributed by atoms with Crippen molar-refractivity contribution in [3.8, 4) is 23.1 Å². The summed E-state index contributed by atoms with van der Waals surface area (Å²) in [7, 11) is 2.08. The number of piperidine rings is 1. The van der Waals surface area contributed by atoms with Crippen LogP contribution in [-0.2, 0) is 4.79 Å². The minimum absolute atomic E-state index is 0.111. The minimum Gasteiger partial charge on any atom is -0.474 e. The summed E-state index contributed by atoms with van der Waals surface area (Å²) in [5.41, 5.74) is 3.85. The van der Waals surface area contributed by atoms with E-state index >= 15 is 4.39 Å². The maximum absolute atomic E-state index is 17.0. The molecule has 2 fully saturated rings. The molecule has 2 aliphatic rings. The van der Waals surface area contributed by atoms with Gasteiger partial charge in [0.15, 0.2) is 11.3 Å². The Morgan fingerprint density at radius 3 is 2.85 bits per heavy atom. The quantitative estimate of drug-likeness (QED) is 0.207. The van der Waals surface area contributed by atoms with Crippen LogP contribution in [0.25, 0.3) is 44.0 Å². The first-order valence-electron chi connectivity index (χ1n) is 15.5. The third kappa shape index (κ3) is 4.96. The third-order valence-electron chi connectivity index (χ3n) is 9.69. The first-order chi connectivity index (χ1) is 22.3. The molecule has 0 saturated carbocycles. The molecule has 2 aliphatic heterocycles. The molecule has 3 aromatic heterocycles. The number of likely N-dealkylation sites (N-methyl/N-ethyl adjacent to an activating group) is 1. The zero-order valence-corrected chi connectivity index (χ0v) is 26.5. The van der Waals surface area contributed by atoms with E-state index in [1.54, 1.807) is 23.5 Å². The number of benzene rings is 2. The zero-order valence-electron chi connectivity index (χ0n) is 25.8. The summed E-state index contributed by atoms with van der Waals surface area (Å²) < 4.78 is 25.4. The highest BCUT2D eigenvalue weighted by atomic mass is 35.5. The summed E-state index contributed by atoms with van der Waals surface area (Å²) in [6.07, 6.45) is 8.13. The predicted molar refractivity (Wildman–Crippen MR) is 175 cm³/mol. The van der Waals surface area contributed by atoms with Crippen LogP contribution in [0, 0.1) is 24.1 Å². The number of nitriles is 1. The number of amides is 1. The van der Waals surface area contributed by atoms with Crippen molar-refractivity contribution in [2.45, 2.75) is 57.2 Å². The number of fused-ring (bicyclic) bond motifs is 4. The Morgan fingerprint density at radius 2 is 2.09 bits per heavy atom. The number of aryl methyl sites for hydroxylation is 1. The van der Waals surface area contributed by atoms with Crippen molar-refractivity contribution in [1.29, 1.82) is 5.26 Å². The Bertz CT molecular complexity index is 2050. The highest BCUT2D eigenvalue weighted by Gasteiger charge is 2.33. The first kappa shape index (κ1) is 30.1. The third-order valence-corrected chi connectivity index (χ3v) is 9.99. The van der Waals surface area contributed by atoms with Crippen LogP contribution in [0.1, 0.15) is 43.7 Å². The number of hydrogen-bond donors (Lipinski definition) is 1. The highest BCUT2D eigenvalue weighted by Crippen LogP contribution is 2.44. The minimum atomic E-state index is -0.550. The lowest BCUT2D eigenvalue weighted by molar-refractivity contribution is -0.130. The van der Waals surface area contributed by atoms with E-state index in [1.165, 1.54) is 6.08 Å². The van der Waals surface area contributed by atoms with Gasteiger partial charge in [-0.25, -0.2) is 14.4 Å². The van der Waals surface area contributed by atoms with Crippen LogP contribution < -0.4 is 4.74 Å². The number of rotatable bonds is 7. The number of nitrogens with zero attached hydrogens (tertiary/aromatic N) is 7. The van der Waals surface area contributed by atoms with Crippen molar-refractivity contribution in [3.63, 3.8) is 0 Å². The molecule has 236 valence electrons. The van der Waals surface area contributed by atoms with Gasteiger partial charge in [-0.2, -0.15) is 10.4 Å². The molecule has 7 rings (SSSR count). The topological polar surface area (TPSA) is 116 Å². The molecular weight excluding hydrogens is 607 g/mol. The van der Waals surface area contributed by atoms with Gasteiger partial charge < -0.3 is 19.1 Å². The van der Waals surface area contributed by atoms with E-state index in [4.69, 9.17) is 26.3 Å². The second kappa shape index (κ2) is 12.0. The number of likely N-dealkylation sites (tertiary alicyclic amines) is 2. The van der Waals surface area contributed by atoms with Crippen molar-refractivity contribution in [3.05, 3.63) is 59.8 Å². The molecule has 10 nitrogen and oxygen atoms in total. The van der Waals surface area contributed by atoms with E-state index in [1.807, 2.05) is 23.6 Å². The molecule has 2 unspecified atom stereocenters. The number of carbonyl (C=O) groups excluding carboxylic acids is 1. The second-order valence-corrected chi connectivity index (χ2v) is 12.7. The summed E-state index contributed by atoms with van der Waals surface area (Å²) in [6, 6.07) is 7.63. The van der Waals surface area contributed by atoms with Gasteiger partial charge in [-0.15, -0.1) is 0 Å². The summed E-state index contributed by atoms with van der Waals surface area (Å²) in [4.78, 5) is 26.1. The van der Waals surface area contributed by atoms with Crippen LogP contribution in [0.5, 0.6) is 5.88 Å². The van der Waals surface area contributed by atoms with Crippen molar-refractivity contribution in [2.24, 2.45) is 0 Å². The molecule has 5 heterocycles. The van der Waals surface area contributed by atoms with Gasteiger partial charge in [0.2, 0.25) is 11.8 Å². The smallest absolute Gasteiger partial charge is 0.246 e. The normalized spacial score (nSPS) is 20.5. The summed E-state index contributed by atoms with van der Waals surface area (Å²) in [5.74, 6) is -0.480. The molecule has 0 spiro atoms. The van der Waals surface area contributed by atoms with E-state index in [-0.39, 0.29) is 52.4 Å². The average molecular weight is 641 g/mol. The van der Waals surface area contributed by atoms with E-state index < -0.39 is 5.82 Å². The van der Waals surface area contributed by atoms with Crippen molar-refractivity contribution in [1.82, 2.24) is 34.5 Å². The van der Waals surface area contributed by atoms with Gasteiger partial charge in [-0.05, 0) is 70.0 Å². The monoisotopic (exact) mass is 640 g/mol. The molecule has 46 heavy (non-hydrogen) atoms. The standard InChI is InChI=1S/C34H34ClFN8O2/c1-4-27(45)43-13-10-21(14-20(43)9-11-37)44-18-38-32-33(44)23-15-25(35)29(28-19(2)7-8-26-24(28)16-39-41-26)30(36)31(23)40-34(32)46-17-22-6-5-12-42(22)3/h4,7-8,15-16,18,20-22H,1,5-6,9-10,12-14,17H2,2-3H3,(H,39,41)/t20?,21?,22-/m0/s1. The van der Waals surface area contributed by atoms with Gasteiger partial charge in [0, 0.05) is 46.6 Å². The maximum atomic E-state index is 17.0. The Morgan fingerprint density at radius 1 is 1.24 bits per heavy atom. The summed E-state index contributed by atoms with van der Waals surface area (Å²) in [5, 5.41) is 18.2.